The van der Waals surface area contributed by atoms with E-state index in [1.807, 2.05) is 43.1 Å². The minimum Gasteiger partial charge on any atom is -0.342 e. The minimum absolute atomic E-state index is 0. The first-order chi connectivity index (χ1) is 10.1. The number of carbonyl (C=O) groups is 1. The van der Waals surface area contributed by atoms with E-state index in [1.165, 1.54) is 18.4 Å². The first-order valence-electron chi connectivity index (χ1n) is 7.78. The molecular weight excluding hydrogens is 319 g/mol. The molecule has 1 amide bonds. The first kappa shape index (κ1) is 19.3. The lowest BCUT2D eigenvalue weighted by atomic mass is 10.1. The highest BCUT2D eigenvalue weighted by Gasteiger charge is 2.28. The van der Waals surface area contributed by atoms with Gasteiger partial charge >= 0.3 is 0 Å². The van der Waals surface area contributed by atoms with E-state index >= 15 is 0 Å². The van der Waals surface area contributed by atoms with Gasteiger partial charge < -0.3 is 10.2 Å². The Bertz CT molecular complexity index is 460. The Kier molecular flexibility index (Phi) is 8.23. The summed E-state index contributed by atoms with van der Waals surface area (Å²) < 4.78 is 0. The summed E-state index contributed by atoms with van der Waals surface area (Å²) in [5.74, 6) is 1.03. The minimum atomic E-state index is 0. The van der Waals surface area contributed by atoms with Gasteiger partial charge in [0.05, 0.1) is 0 Å². The van der Waals surface area contributed by atoms with E-state index in [0.29, 0.717) is 0 Å². The Morgan fingerprint density at radius 3 is 2.55 bits per heavy atom. The van der Waals surface area contributed by atoms with Crippen molar-refractivity contribution in [2.75, 3.05) is 26.7 Å². The molecule has 1 N–H and O–H groups in total. The van der Waals surface area contributed by atoms with Gasteiger partial charge in [-0.3, -0.25) is 4.79 Å². The van der Waals surface area contributed by atoms with Crippen LogP contribution in [-0.4, -0.2) is 37.5 Å². The van der Waals surface area contributed by atoms with Crippen molar-refractivity contribution >= 4 is 29.9 Å². The zero-order chi connectivity index (χ0) is 15.2. The number of hydrogen-bond acceptors (Lipinski definition) is 2. The van der Waals surface area contributed by atoms with Crippen molar-refractivity contribution in [2.24, 2.45) is 11.8 Å². The predicted molar refractivity (Wildman–Crippen MR) is 94.8 cm³/mol. The topological polar surface area (TPSA) is 32.3 Å². The Balaban J connectivity index is 0.00000242. The third kappa shape index (κ3) is 6.15. The highest BCUT2D eigenvalue weighted by molar-refractivity contribution is 6.30. The molecule has 0 aliphatic heterocycles. The second kappa shape index (κ2) is 9.39. The van der Waals surface area contributed by atoms with E-state index in [1.54, 1.807) is 0 Å². The van der Waals surface area contributed by atoms with Gasteiger partial charge in [0.25, 0.3) is 0 Å². The predicted octanol–water partition coefficient (Wildman–Crippen LogP) is 3.40. The van der Waals surface area contributed by atoms with Crippen LogP contribution in [0.5, 0.6) is 0 Å². The second-order valence-corrected chi connectivity index (χ2v) is 6.50. The van der Waals surface area contributed by atoms with E-state index in [0.717, 1.165) is 37.0 Å². The molecule has 5 heteroatoms. The summed E-state index contributed by atoms with van der Waals surface area (Å²) in [6.45, 7) is 4.45. The van der Waals surface area contributed by atoms with E-state index < -0.39 is 0 Å². The molecule has 22 heavy (non-hydrogen) atoms. The lowest BCUT2D eigenvalue weighted by Gasteiger charge is -2.26. The molecule has 124 valence electrons. The van der Waals surface area contributed by atoms with Gasteiger partial charge in [-0.2, -0.15) is 0 Å². The third-order valence-electron chi connectivity index (χ3n) is 4.00. The van der Waals surface area contributed by atoms with Gasteiger partial charge in [-0.05, 0) is 49.9 Å². The van der Waals surface area contributed by atoms with E-state index in [-0.39, 0.29) is 24.2 Å². The summed E-state index contributed by atoms with van der Waals surface area (Å²) >= 11 is 5.91. The fourth-order valence-corrected chi connectivity index (χ4v) is 2.65. The summed E-state index contributed by atoms with van der Waals surface area (Å²) in [6.07, 6.45) is 3.43. The summed E-state index contributed by atoms with van der Waals surface area (Å²) in [5, 5.41) is 3.85. The van der Waals surface area contributed by atoms with Gasteiger partial charge in [-0.15, -0.1) is 12.4 Å². The molecule has 1 atom stereocenters. The van der Waals surface area contributed by atoms with E-state index in [4.69, 9.17) is 11.6 Å². The number of amides is 1. The molecule has 0 spiro atoms. The first-order valence-corrected chi connectivity index (χ1v) is 8.15. The summed E-state index contributed by atoms with van der Waals surface area (Å²) in [6, 6.07) is 7.90. The normalized spacial score (nSPS) is 15.0. The Hall–Kier alpha value is -0.770. The Morgan fingerprint density at radius 1 is 1.36 bits per heavy atom. The van der Waals surface area contributed by atoms with E-state index in [9.17, 15) is 4.79 Å². The monoisotopic (exact) mass is 344 g/mol. The van der Waals surface area contributed by atoms with Gasteiger partial charge in [-0.1, -0.05) is 30.7 Å². The quantitative estimate of drug-likeness (QED) is 0.783. The average molecular weight is 345 g/mol. The highest BCUT2D eigenvalue weighted by atomic mass is 35.5. The van der Waals surface area contributed by atoms with Crippen molar-refractivity contribution < 1.29 is 4.79 Å². The number of nitrogens with zero attached hydrogens (tertiary/aromatic N) is 1. The van der Waals surface area contributed by atoms with Crippen LogP contribution in [0.2, 0.25) is 5.02 Å². The standard InChI is InChI=1S/C17H25ClN2O.ClH/c1-13(11-19-2)17(21)20(12-15-3-4-15)10-9-14-5-7-16(18)8-6-14;/h5-8,13,15,19H,3-4,9-12H2,1-2H3;1H. The molecule has 1 aromatic rings. The van der Waals surface area contributed by atoms with Crippen LogP contribution in [0.1, 0.15) is 25.3 Å². The maximum absolute atomic E-state index is 12.5. The molecule has 2 rings (SSSR count). The molecular formula is C17H26Cl2N2O. The van der Waals surface area contributed by atoms with Crippen LogP contribution in [-0.2, 0) is 11.2 Å². The number of carbonyl (C=O) groups excluding carboxylic acids is 1. The van der Waals surface area contributed by atoms with Crippen LogP contribution in [0.4, 0.5) is 0 Å². The number of nitrogens with one attached hydrogen (secondary N) is 1. The van der Waals surface area contributed by atoms with Crippen molar-refractivity contribution in [3.05, 3.63) is 34.9 Å². The molecule has 1 fully saturated rings. The number of benzene rings is 1. The zero-order valence-corrected chi connectivity index (χ0v) is 14.9. The van der Waals surface area contributed by atoms with Gasteiger partial charge in [-0.25, -0.2) is 0 Å². The third-order valence-corrected chi connectivity index (χ3v) is 4.25. The Labute approximate surface area is 144 Å². The Morgan fingerprint density at radius 2 is 2.00 bits per heavy atom. The SMILES string of the molecule is CNCC(C)C(=O)N(CCc1ccc(Cl)cc1)CC1CC1.Cl. The molecule has 0 saturated heterocycles. The number of hydrogen-bond donors (Lipinski definition) is 1. The van der Waals surface area contributed by atoms with E-state index in [2.05, 4.69) is 5.32 Å². The molecule has 1 unspecified atom stereocenters. The molecule has 1 aliphatic carbocycles. The molecule has 1 saturated carbocycles. The van der Waals surface area contributed by atoms with Crippen molar-refractivity contribution in [1.29, 1.82) is 0 Å². The smallest absolute Gasteiger partial charge is 0.226 e. The largest absolute Gasteiger partial charge is 0.342 e. The maximum atomic E-state index is 12.5. The molecule has 1 aliphatic rings. The molecule has 1 aromatic carbocycles. The zero-order valence-electron chi connectivity index (χ0n) is 13.3. The fourth-order valence-electron chi connectivity index (χ4n) is 2.52. The van der Waals surface area contributed by atoms with Gasteiger partial charge in [0, 0.05) is 30.6 Å². The van der Waals surface area contributed by atoms with Crippen molar-refractivity contribution in [2.45, 2.75) is 26.2 Å². The second-order valence-electron chi connectivity index (χ2n) is 6.06. The molecule has 3 nitrogen and oxygen atoms in total. The molecule has 0 bridgehead atoms. The fraction of sp³-hybridized carbons (Fsp3) is 0.588. The van der Waals surface area contributed by atoms with Crippen LogP contribution in [0.15, 0.2) is 24.3 Å². The van der Waals surface area contributed by atoms with Gasteiger partial charge in [0.1, 0.15) is 0 Å². The molecule has 0 heterocycles. The van der Waals surface area contributed by atoms with Gasteiger partial charge in [0.2, 0.25) is 5.91 Å². The van der Waals surface area contributed by atoms with Crippen LogP contribution < -0.4 is 5.32 Å². The lowest BCUT2D eigenvalue weighted by Crippen LogP contribution is -2.40. The average Bonchev–Trinajstić information content (AvgIpc) is 3.28. The number of rotatable bonds is 8. The van der Waals surface area contributed by atoms with Crippen LogP contribution in [0.3, 0.4) is 0 Å². The highest BCUT2D eigenvalue weighted by Crippen LogP contribution is 2.30. The lowest BCUT2D eigenvalue weighted by molar-refractivity contribution is -0.135. The molecule has 0 aromatic heterocycles. The maximum Gasteiger partial charge on any atom is 0.226 e. The van der Waals surface area contributed by atoms with Crippen LogP contribution in [0.25, 0.3) is 0 Å². The summed E-state index contributed by atoms with van der Waals surface area (Å²) in [5.41, 5.74) is 1.23. The summed E-state index contributed by atoms with van der Waals surface area (Å²) in [7, 11) is 1.89. The number of halogens is 2. The molecule has 0 radical (unpaired) electrons. The van der Waals surface area contributed by atoms with Gasteiger partial charge in [0.15, 0.2) is 0 Å². The van der Waals surface area contributed by atoms with Crippen molar-refractivity contribution in [1.82, 2.24) is 10.2 Å². The van der Waals surface area contributed by atoms with Crippen molar-refractivity contribution in [3.8, 4) is 0 Å². The van der Waals surface area contributed by atoms with Crippen molar-refractivity contribution in [3.63, 3.8) is 0 Å². The van der Waals surface area contributed by atoms with Crippen LogP contribution in [0, 0.1) is 11.8 Å². The summed E-state index contributed by atoms with van der Waals surface area (Å²) in [4.78, 5) is 14.6. The van der Waals surface area contributed by atoms with Crippen LogP contribution >= 0.6 is 24.0 Å².